The van der Waals surface area contributed by atoms with Gasteiger partial charge in [-0.15, -0.1) is 0 Å². The minimum atomic E-state index is -0.452. The van der Waals surface area contributed by atoms with Gasteiger partial charge in [-0.3, -0.25) is 0 Å². The van der Waals surface area contributed by atoms with Crippen LogP contribution in [0.15, 0.2) is 36.4 Å². The first-order valence-electron chi connectivity index (χ1n) is 8.60. The third-order valence-electron chi connectivity index (χ3n) is 3.99. The predicted molar refractivity (Wildman–Crippen MR) is 102 cm³/mol. The molecule has 1 aromatic heterocycles. The van der Waals surface area contributed by atoms with Crippen LogP contribution in [0.1, 0.15) is 17.3 Å². The maximum atomic E-state index is 11.7. The lowest BCUT2D eigenvalue weighted by molar-refractivity contribution is -0.145. The second-order valence-corrected chi connectivity index (χ2v) is 5.77. The number of nitrogens with one attached hydrogen (secondary N) is 1. The van der Waals surface area contributed by atoms with Crippen molar-refractivity contribution in [1.82, 2.24) is 9.97 Å². The highest BCUT2D eigenvalue weighted by atomic mass is 16.6. The number of ether oxygens (including phenoxy) is 4. The molecule has 28 heavy (non-hydrogen) atoms. The number of benzene rings is 2. The van der Waals surface area contributed by atoms with Gasteiger partial charge in [0.05, 0.1) is 37.4 Å². The SMILES string of the molecule is CCOC(=O)COc1ccc(-c2nc3ccc(C(=O)OC)cc3[nH]2)cc1OC. The number of imidazole rings is 1. The summed E-state index contributed by atoms with van der Waals surface area (Å²) < 4.78 is 20.4. The van der Waals surface area contributed by atoms with Crippen LogP contribution in [0.25, 0.3) is 22.4 Å². The number of methoxy groups -OCH3 is 2. The predicted octanol–water partition coefficient (Wildman–Crippen LogP) is 2.97. The molecule has 8 heteroatoms. The molecule has 0 radical (unpaired) electrons. The number of esters is 2. The molecule has 1 N–H and O–H groups in total. The van der Waals surface area contributed by atoms with E-state index in [2.05, 4.69) is 9.97 Å². The van der Waals surface area contributed by atoms with E-state index in [9.17, 15) is 9.59 Å². The summed E-state index contributed by atoms with van der Waals surface area (Å²) in [7, 11) is 2.85. The number of H-pyrrole nitrogens is 1. The molecule has 1 heterocycles. The Labute approximate surface area is 161 Å². The van der Waals surface area contributed by atoms with E-state index in [-0.39, 0.29) is 6.61 Å². The Hall–Kier alpha value is -3.55. The average Bonchev–Trinajstić information content (AvgIpc) is 3.15. The molecule has 0 fully saturated rings. The molecule has 8 nitrogen and oxygen atoms in total. The standard InChI is InChI=1S/C20H20N2O6/c1-4-27-18(23)11-28-16-8-6-12(10-17(16)25-2)19-21-14-7-5-13(20(24)26-3)9-15(14)22-19/h5-10H,4,11H2,1-3H3,(H,21,22). The Morgan fingerprint density at radius 1 is 1.07 bits per heavy atom. The molecule has 3 rings (SSSR count). The Balaban J connectivity index is 1.86. The number of aromatic nitrogens is 2. The third-order valence-corrected chi connectivity index (χ3v) is 3.99. The molecule has 0 saturated heterocycles. The van der Waals surface area contributed by atoms with E-state index in [4.69, 9.17) is 18.9 Å². The molecule has 0 aliphatic rings. The summed E-state index contributed by atoms with van der Waals surface area (Å²) in [4.78, 5) is 30.9. The zero-order valence-electron chi connectivity index (χ0n) is 15.8. The van der Waals surface area contributed by atoms with Crippen molar-refractivity contribution in [3.8, 4) is 22.9 Å². The first kappa shape index (κ1) is 19.2. The molecule has 0 atom stereocenters. The van der Waals surface area contributed by atoms with Gasteiger partial charge in [-0.1, -0.05) is 0 Å². The van der Waals surface area contributed by atoms with Crippen molar-refractivity contribution >= 4 is 23.0 Å². The van der Waals surface area contributed by atoms with Crippen molar-refractivity contribution in [2.75, 3.05) is 27.4 Å². The molecule has 0 unspecified atom stereocenters. The molecule has 146 valence electrons. The van der Waals surface area contributed by atoms with E-state index in [0.29, 0.717) is 40.5 Å². The monoisotopic (exact) mass is 384 g/mol. The van der Waals surface area contributed by atoms with Gasteiger partial charge < -0.3 is 23.9 Å². The van der Waals surface area contributed by atoms with Crippen LogP contribution >= 0.6 is 0 Å². The van der Waals surface area contributed by atoms with E-state index < -0.39 is 11.9 Å². The third kappa shape index (κ3) is 4.06. The van der Waals surface area contributed by atoms with Gasteiger partial charge in [0.2, 0.25) is 0 Å². The molecule has 0 spiro atoms. The second kappa shape index (κ2) is 8.43. The van der Waals surface area contributed by atoms with E-state index in [1.807, 2.05) is 0 Å². The van der Waals surface area contributed by atoms with Gasteiger partial charge in [0.25, 0.3) is 0 Å². The number of carbonyl (C=O) groups is 2. The van der Waals surface area contributed by atoms with Gasteiger partial charge in [0, 0.05) is 5.56 Å². The number of rotatable bonds is 7. The average molecular weight is 384 g/mol. The van der Waals surface area contributed by atoms with Crippen molar-refractivity contribution in [2.45, 2.75) is 6.92 Å². The number of fused-ring (bicyclic) bond motifs is 1. The van der Waals surface area contributed by atoms with Crippen molar-refractivity contribution in [2.24, 2.45) is 0 Å². The minimum Gasteiger partial charge on any atom is -0.493 e. The van der Waals surface area contributed by atoms with Gasteiger partial charge in [-0.2, -0.15) is 0 Å². The number of hydrogen-bond acceptors (Lipinski definition) is 7. The smallest absolute Gasteiger partial charge is 0.344 e. The summed E-state index contributed by atoms with van der Waals surface area (Å²) in [6.07, 6.45) is 0. The van der Waals surface area contributed by atoms with Crippen LogP contribution in [-0.2, 0) is 14.3 Å². The summed E-state index contributed by atoms with van der Waals surface area (Å²) in [6, 6.07) is 10.3. The lowest BCUT2D eigenvalue weighted by Crippen LogP contribution is -2.14. The van der Waals surface area contributed by atoms with Gasteiger partial charge in [0.1, 0.15) is 5.82 Å². The highest BCUT2D eigenvalue weighted by Crippen LogP contribution is 2.32. The summed E-state index contributed by atoms with van der Waals surface area (Å²) in [5, 5.41) is 0. The number of hydrogen-bond donors (Lipinski definition) is 1. The first-order chi connectivity index (χ1) is 13.5. The Bertz CT molecular complexity index is 1010. The Morgan fingerprint density at radius 3 is 2.61 bits per heavy atom. The van der Waals surface area contributed by atoms with Crippen LogP contribution in [-0.4, -0.2) is 49.3 Å². The fourth-order valence-electron chi connectivity index (χ4n) is 2.66. The van der Waals surface area contributed by atoms with Crippen LogP contribution in [0.5, 0.6) is 11.5 Å². The lowest BCUT2D eigenvalue weighted by atomic mass is 10.2. The highest BCUT2D eigenvalue weighted by molar-refractivity contribution is 5.94. The maximum absolute atomic E-state index is 11.7. The van der Waals surface area contributed by atoms with E-state index in [1.165, 1.54) is 14.2 Å². The lowest BCUT2D eigenvalue weighted by Gasteiger charge is -2.11. The Kier molecular flexibility index (Phi) is 5.78. The highest BCUT2D eigenvalue weighted by Gasteiger charge is 2.13. The molecule has 2 aromatic carbocycles. The summed E-state index contributed by atoms with van der Waals surface area (Å²) in [6.45, 7) is 1.82. The van der Waals surface area contributed by atoms with Gasteiger partial charge in [-0.05, 0) is 43.3 Å². The Morgan fingerprint density at radius 2 is 1.89 bits per heavy atom. The zero-order chi connectivity index (χ0) is 20.1. The topological polar surface area (TPSA) is 99.7 Å². The number of nitrogens with zero attached hydrogens (tertiary/aromatic N) is 1. The molecule has 0 aliphatic carbocycles. The molecule has 3 aromatic rings. The molecule has 0 bridgehead atoms. The van der Waals surface area contributed by atoms with Crippen LogP contribution in [0.3, 0.4) is 0 Å². The number of aromatic amines is 1. The van der Waals surface area contributed by atoms with Gasteiger partial charge in [0.15, 0.2) is 18.1 Å². The van der Waals surface area contributed by atoms with Crippen LogP contribution < -0.4 is 9.47 Å². The zero-order valence-corrected chi connectivity index (χ0v) is 15.8. The molecular formula is C20H20N2O6. The van der Waals surface area contributed by atoms with Crippen molar-refractivity contribution in [1.29, 1.82) is 0 Å². The van der Waals surface area contributed by atoms with Crippen molar-refractivity contribution < 1.29 is 28.5 Å². The fourth-order valence-corrected chi connectivity index (χ4v) is 2.66. The van der Waals surface area contributed by atoms with Crippen LogP contribution in [0.2, 0.25) is 0 Å². The quantitative estimate of drug-likeness (QED) is 0.625. The van der Waals surface area contributed by atoms with Crippen molar-refractivity contribution in [3.63, 3.8) is 0 Å². The van der Waals surface area contributed by atoms with E-state index in [0.717, 1.165) is 5.56 Å². The van der Waals surface area contributed by atoms with Gasteiger partial charge >= 0.3 is 11.9 Å². The molecule has 0 amide bonds. The van der Waals surface area contributed by atoms with E-state index in [1.54, 1.807) is 43.3 Å². The van der Waals surface area contributed by atoms with E-state index >= 15 is 0 Å². The normalized spacial score (nSPS) is 10.5. The maximum Gasteiger partial charge on any atom is 0.344 e. The largest absolute Gasteiger partial charge is 0.493 e. The summed E-state index contributed by atoms with van der Waals surface area (Å²) >= 11 is 0. The first-order valence-corrected chi connectivity index (χ1v) is 8.60. The minimum absolute atomic E-state index is 0.204. The van der Waals surface area contributed by atoms with Crippen molar-refractivity contribution in [3.05, 3.63) is 42.0 Å². The second-order valence-electron chi connectivity index (χ2n) is 5.77. The number of carbonyl (C=O) groups excluding carboxylic acids is 2. The summed E-state index contributed by atoms with van der Waals surface area (Å²) in [5.74, 6) is 0.614. The molecule has 0 aliphatic heterocycles. The van der Waals surface area contributed by atoms with Gasteiger partial charge in [-0.25, -0.2) is 14.6 Å². The summed E-state index contributed by atoms with van der Waals surface area (Å²) in [5.41, 5.74) is 2.62. The molecular weight excluding hydrogens is 364 g/mol. The molecule has 0 saturated carbocycles. The fraction of sp³-hybridized carbons (Fsp3) is 0.250. The van der Waals surface area contributed by atoms with Crippen LogP contribution in [0, 0.1) is 0 Å². The van der Waals surface area contributed by atoms with Crippen LogP contribution in [0.4, 0.5) is 0 Å².